The molecule has 2 bridgehead atoms. The number of hydrogen-bond acceptors (Lipinski definition) is 3. The first-order valence-corrected chi connectivity index (χ1v) is 8.85. The van der Waals surface area contributed by atoms with Gasteiger partial charge in [0.2, 0.25) is 0 Å². The minimum atomic E-state index is 0.592. The molecule has 2 aliphatic carbocycles. The number of rotatable bonds is 6. The second-order valence-corrected chi connectivity index (χ2v) is 7.03. The van der Waals surface area contributed by atoms with Gasteiger partial charge in [-0.05, 0) is 67.4 Å². The Morgan fingerprint density at radius 1 is 1.17 bits per heavy atom. The maximum absolute atomic E-state index is 5.44. The lowest BCUT2D eigenvalue weighted by Crippen LogP contribution is -2.44. The molecule has 0 amide bonds. The molecule has 0 radical (unpaired) electrons. The van der Waals surface area contributed by atoms with Gasteiger partial charge in [0.1, 0.15) is 0 Å². The van der Waals surface area contributed by atoms with E-state index in [0.717, 1.165) is 41.4 Å². The zero-order chi connectivity index (χ0) is 16.2. The van der Waals surface area contributed by atoms with Crippen molar-refractivity contribution >= 4 is 17.3 Å². The van der Waals surface area contributed by atoms with E-state index in [1.165, 1.54) is 31.2 Å². The molecule has 0 aliphatic heterocycles. The molecular weight excluding hydrogens is 308 g/mol. The highest BCUT2D eigenvalue weighted by Gasteiger charge is 2.39. The van der Waals surface area contributed by atoms with Crippen molar-refractivity contribution in [1.29, 1.82) is 0 Å². The molecule has 126 valence electrons. The number of ether oxygens (including phenoxy) is 2. The Balaban J connectivity index is 1.43. The fraction of sp³-hybridized carbons (Fsp3) is 0.611. The van der Waals surface area contributed by atoms with Crippen molar-refractivity contribution in [2.45, 2.75) is 38.1 Å². The third kappa shape index (κ3) is 3.89. The van der Waals surface area contributed by atoms with Crippen molar-refractivity contribution in [2.75, 3.05) is 20.8 Å². The van der Waals surface area contributed by atoms with Gasteiger partial charge in [-0.15, -0.1) is 0 Å². The van der Waals surface area contributed by atoms with E-state index >= 15 is 0 Å². The highest BCUT2D eigenvalue weighted by atomic mass is 32.1. The van der Waals surface area contributed by atoms with E-state index in [4.69, 9.17) is 21.7 Å². The van der Waals surface area contributed by atoms with Gasteiger partial charge in [0, 0.05) is 12.6 Å². The van der Waals surface area contributed by atoms with Gasteiger partial charge in [-0.2, -0.15) is 0 Å². The number of nitrogens with one attached hydrogen (secondary N) is 2. The van der Waals surface area contributed by atoms with Gasteiger partial charge >= 0.3 is 0 Å². The Hall–Kier alpha value is -1.49. The molecule has 1 aromatic rings. The van der Waals surface area contributed by atoms with Gasteiger partial charge in [-0.1, -0.05) is 12.5 Å². The minimum absolute atomic E-state index is 0.592. The number of hydrogen-bond donors (Lipinski definition) is 2. The lowest BCUT2D eigenvalue weighted by molar-refractivity contribution is 0.354. The maximum Gasteiger partial charge on any atom is 0.166 e. The van der Waals surface area contributed by atoms with Crippen LogP contribution in [0.5, 0.6) is 11.5 Å². The van der Waals surface area contributed by atoms with Gasteiger partial charge < -0.3 is 20.1 Å². The van der Waals surface area contributed by atoms with E-state index in [0.29, 0.717) is 6.04 Å². The zero-order valence-corrected chi connectivity index (χ0v) is 14.7. The first kappa shape index (κ1) is 16.4. The van der Waals surface area contributed by atoms with E-state index in [1.807, 2.05) is 12.1 Å². The molecule has 1 aromatic carbocycles. The van der Waals surface area contributed by atoms with Crippen molar-refractivity contribution < 1.29 is 9.47 Å². The number of methoxy groups -OCH3 is 2. The molecule has 4 nitrogen and oxygen atoms in total. The molecule has 0 aromatic heterocycles. The molecule has 0 spiro atoms. The summed E-state index contributed by atoms with van der Waals surface area (Å²) in [6, 6.07) is 6.62. The summed E-state index contributed by atoms with van der Waals surface area (Å²) in [5.41, 5.74) is 1.21. The predicted octanol–water partition coefficient (Wildman–Crippen LogP) is 2.90. The zero-order valence-electron chi connectivity index (χ0n) is 13.9. The Kier molecular flexibility index (Phi) is 5.26. The first-order chi connectivity index (χ1) is 11.2. The highest BCUT2D eigenvalue weighted by Crippen LogP contribution is 2.44. The maximum atomic E-state index is 5.44. The van der Waals surface area contributed by atoms with Crippen molar-refractivity contribution in [2.24, 2.45) is 11.8 Å². The minimum Gasteiger partial charge on any atom is -0.493 e. The first-order valence-electron chi connectivity index (χ1n) is 8.45. The number of thiocarbonyl (C=S) groups is 1. The van der Waals surface area contributed by atoms with Crippen LogP contribution in [0.3, 0.4) is 0 Å². The van der Waals surface area contributed by atoms with Crippen LogP contribution in [-0.2, 0) is 6.42 Å². The summed E-state index contributed by atoms with van der Waals surface area (Å²) in [4.78, 5) is 0. The van der Waals surface area contributed by atoms with Gasteiger partial charge in [0.25, 0.3) is 0 Å². The van der Waals surface area contributed by atoms with Crippen molar-refractivity contribution in [3.8, 4) is 11.5 Å². The van der Waals surface area contributed by atoms with Gasteiger partial charge in [-0.3, -0.25) is 0 Å². The average Bonchev–Trinajstić information content (AvgIpc) is 3.17. The quantitative estimate of drug-likeness (QED) is 0.783. The van der Waals surface area contributed by atoms with Crippen LogP contribution < -0.4 is 20.1 Å². The normalized spacial score (nSPS) is 25.2. The summed E-state index contributed by atoms with van der Waals surface area (Å²) in [6.45, 7) is 0.822. The lowest BCUT2D eigenvalue weighted by Gasteiger charge is -2.24. The summed E-state index contributed by atoms with van der Waals surface area (Å²) < 4.78 is 10.6. The topological polar surface area (TPSA) is 42.5 Å². The molecule has 2 fully saturated rings. The number of fused-ring (bicyclic) bond motifs is 2. The van der Waals surface area contributed by atoms with Crippen molar-refractivity contribution in [1.82, 2.24) is 10.6 Å². The van der Waals surface area contributed by atoms with Gasteiger partial charge in [-0.25, -0.2) is 0 Å². The molecule has 2 saturated carbocycles. The van der Waals surface area contributed by atoms with Crippen LogP contribution in [0.4, 0.5) is 0 Å². The largest absolute Gasteiger partial charge is 0.493 e. The van der Waals surface area contributed by atoms with E-state index in [-0.39, 0.29) is 0 Å². The van der Waals surface area contributed by atoms with E-state index < -0.39 is 0 Å². The van der Waals surface area contributed by atoms with Crippen LogP contribution in [0.2, 0.25) is 0 Å². The van der Waals surface area contributed by atoms with E-state index in [2.05, 4.69) is 16.7 Å². The molecule has 2 aliphatic rings. The summed E-state index contributed by atoms with van der Waals surface area (Å²) >= 11 is 5.44. The Morgan fingerprint density at radius 3 is 2.65 bits per heavy atom. The van der Waals surface area contributed by atoms with Gasteiger partial charge in [0.15, 0.2) is 16.6 Å². The van der Waals surface area contributed by atoms with Crippen LogP contribution in [0, 0.1) is 11.8 Å². The summed E-state index contributed by atoms with van der Waals surface area (Å²) in [7, 11) is 3.31. The highest BCUT2D eigenvalue weighted by molar-refractivity contribution is 7.80. The third-order valence-electron chi connectivity index (χ3n) is 5.20. The summed E-state index contributed by atoms with van der Waals surface area (Å²) in [5, 5.41) is 7.64. The standard InChI is InChI=1S/C18H26N2O2S/c1-21-16-6-4-12(11-17(16)22-2)7-8-19-18(23)20-15-10-13-3-5-14(15)9-13/h4,6,11,13-15H,3,5,7-10H2,1-2H3,(H2,19,20,23)/t13-,14-,15+/m1/s1. The fourth-order valence-electron chi connectivity index (χ4n) is 4.00. The third-order valence-corrected chi connectivity index (χ3v) is 5.46. The second-order valence-electron chi connectivity index (χ2n) is 6.62. The smallest absolute Gasteiger partial charge is 0.166 e. The Labute approximate surface area is 143 Å². The summed E-state index contributed by atoms with van der Waals surface area (Å²) in [6.07, 6.45) is 6.38. The molecule has 5 heteroatoms. The summed E-state index contributed by atoms with van der Waals surface area (Å²) in [5.74, 6) is 3.31. The van der Waals surface area contributed by atoms with Crippen LogP contribution in [0.1, 0.15) is 31.2 Å². The molecule has 0 unspecified atom stereocenters. The van der Waals surface area contributed by atoms with Crippen molar-refractivity contribution in [3.05, 3.63) is 23.8 Å². The van der Waals surface area contributed by atoms with Crippen LogP contribution >= 0.6 is 12.2 Å². The monoisotopic (exact) mass is 334 g/mol. The van der Waals surface area contributed by atoms with Crippen LogP contribution in [0.15, 0.2) is 18.2 Å². The van der Waals surface area contributed by atoms with Crippen molar-refractivity contribution in [3.63, 3.8) is 0 Å². The van der Waals surface area contributed by atoms with Crippen LogP contribution in [-0.4, -0.2) is 31.9 Å². The second kappa shape index (κ2) is 7.39. The fourth-order valence-corrected chi connectivity index (χ4v) is 4.25. The van der Waals surface area contributed by atoms with Gasteiger partial charge in [0.05, 0.1) is 14.2 Å². The van der Waals surface area contributed by atoms with Crippen LogP contribution in [0.25, 0.3) is 0 Å². The SMILES string of the molecule is COc1ccc(CCNC(=S)N[C@H]2C[C@@H]3CC[C@@H]2C3)cc1OC. The molecule has 0 saturated heterocycles. The van der Waals surface area contributed by atoms with E-state index in [1.54, 1.807) is 14.2 Å². The Bertz CT molecular complexity index is 564. The number of benzene rings is 1. The molecule has 2 N–H and O–H groups in total. The predicted molar refractivity (Wildman–Crippen MR) is 96.2 cm³/mol. The lowest BCUT2D eigenvalue weighted by atomic mass is 9.96. The molecule has 23 heavy (non-hydrogen) atoms. The molecule has 0 heterocycles. The van der Waals surface area contributed by atoms with E-state index in [9.17, 15) is 0 Å². The molecule has 3 rings (SSSR count). The molecule has 3 atom stereocenters. The molecular formula is C18H26N2O2S. The Morgan fingerprint density at radius 2 is 2.00 bits per heavy atom. The average molecular weight is 334 g/mol.